The molecule has 0 aliphatic rings. The summed E-state index contributed by atoms with van der Waals surface area (Å²) >= 11 is 0. The van der Waals surface area contributed by atoms with Gasteiger partial charge in [0.25, 0.3) is 11.6 Å². The van der Waals surface area contributed by atoms with Crippen molar-refractivity contribution in [1.82, 2.24) is 15.0 Å². The minimum absolute atomic E-state index is 0.114. The van der Waals surface area contributed by atoms with Gasteiger partial charge in [-0.05, 0) is 30.7 Å². The summed E-state index contributed by atoms with van der Waals surface area (Å²) in [6.07, 6.45) is 0. The van der Waals surface area contributed by atoms with Gasteiger partial charge in [-0.1, -0.05) is 47.6 Å². The van der Waals surface area contributed by atoms with Gasteiger partial charge in [-0.2, -0.15) is 0 Å². The van der Waals surface area contributed by atoms with Gasteiger partial charge in [-0.15, -0.1) is 0 Å². The minimum atomic E-state index is -0.114. The van der Waals surface area contributed by atoms with Crippen LogP contribution in [0.4, 0.5) is 0 Å². The Bertz CT molecular complexity index is 1150. The number of methoxy groups -OCH3 is 1. The van der Waals surface area contributed by atoms with Crippen molar-refractivity contribution >= 4 is 17.0 Å². The van der Waals surface area contributed by atoms with E-state index in [-0.39, 0.29) is 5.91 Å². The molecule has 2 heterocycles. The number of hydrogen-bond acceptors (Lipinski definition) is 5. The Morgan fingerprint density at radius 1 is 1.10 bits per heavy atom. The number of rotatable bonds is 5. The van der Waals surface area contributed by atoms with E-state index in [0.29, 0.717) is 34.6 Å². The summed E-state index contributed by atoms with van der Waals surface area (Å²) in [6, 6.07) is 19.2. The molecule has 0 fully saturated rings. The lowest BCUT2D eigenvalue weighted by molar-refractivity contribution is 0.0787. The van der Waals surface area contributed by atoms with E-state index in [9.17, 15) is 4.79 Å². The third-order valence-electron chi connectivity index (χ3n) is 4.84. The fourth-order valence-corrected chi connectivity index (χ4v) is 3.30. The van der Waals surface area contributed by atoms with Crippen molar-refractivity contribution in [1.29, 1.82) is 0 Å². The third-order valence-corrected chi connectivity index (χ3v) is 4.84. The number of benzene rings is 2. The molecule has 0 aliphatic heterocycles. The Morgan fingerprint density at radius 3 is 2.52 bits per heavy atom. The second-order valence-corrected chi connectivity index (χ2v) is 6.88. The molecule has 1 amide bonds. The largest absolute Gasteiger partial charge is 0.497 e. The molecule has 0 N–H and O–H groups in total. The summed E-state index contributed by atoms with van der Waals surface area (Å²) in [7, 11) is 3.41. The molecular formula is C23H21N3O3. The predicted molar refractivity (Wildman–Crippen MR) is 111 cm³/mol. The summed E-state index contributed by atoms with van der Waals surface area (Å²) in [4.78, 5) is 19.6. The van der Waals surface area contributed by atoms with Crippen LogP contribution < -0.4 is 4.74 Å². The summed E-state index contributed by atoms with van der Waals surface area (Å²) in [6.45, 7) is 2.29. The quantitative estimate of drug-likeness (QED) is 0.505. The summed E-state index contributed by atoms with van der Waals surface area (Å²) in [5.74, 6) is 0.669. The van der Waals surface area contributed by atoms with E-state index in [1.807, 2.05) is 67.6 Å². The first-order valence-corrected chi connectivity index (χ1v) is 9.27. The van der Waals surface area contributed by atoms with Gasteiger partial charge >= 0.3 is 0 Å². The van der Waals surface area contributed by atoms with Crippen molar-refractivity contribution in [3.8, 4) is 17.0 Å². The Labute approximate surface area is 168 Å². The molecule has 6 heteroatoms. The van der Waals surface area contributed by atoms with E-state index < -0.39 is 0 Å². The highest BCUT2D eigenvalue weighted by Gasteiger charge is 2.22. The van der Waals surface area contributed by atoms with Gasteiger partial charge < -0.3 is 14.2 Å². The Hall–Kier alpha value is -3.67. The van der Waals surface area contributed by atoms with Crippen molar-refractivity contribution < 1.29 is 14.1 Å². The minimum Gasteiger partial charge on any atom is -0.497 e. The monoisotopic (exact) mass is 387 g/mol. The number of aromatic nitrogens is 2. The van der Waals surface area contributed by atoms with Gasteiger partial charge in [-0.25, -0.2) is 4.98 Å². The molecule has 4 aromatic rings. The molecule has 29 heavy (non-hydrogen) atoms. The molecular weight excluding hydrogens is 366 g/mol. The van der Waals surface area contributed by atoms with Crippen LogP contribution in [-0.4, -0.2) is 35.1 Å². The summed E-state index contributed by atoms with van der Waals surface area (Å²) in [5.41, 5.74) is 4.14. The molecule has 0 saturated carbocycles. The van der Waals surface area contributed by atoms with Crippen LogP contribution >= 0.6 is 0 Å². The Morgan fingerprint density at radius 2 is 1.83 bits per heavy atom. The van der Waals surface area contributed by atoms with Crippen molar-refractivity contribution in [3.63, 3.8) is 0 Å². The average molecular weight is 387 g/mol. The highest BCUT2D eigenvalue weighted by Crippen LogP contribution is 2.28. The molecule has 6 nitrogen and oxygen atoms in total. The van der Waals surface area contributed by atoms with Crippen LogP contribution in [0.15, 0.2) is 65.2 Å². The molecule has 0 aliphatic carbocycles. The first-order chi connectivity index (χ1) is 14.1. The van der Waals surface area contributed by atoms with Gasteiger partial charge in [0.1, 0.15) is 5.75 Å². The lowest BCUT2D eigenvalue weighted by Crippen LogP contribution is -2.26. The number of carbonyl (C=O) groups excluding carboxylic acids is 1. The van der Waals surface area contributed by atoms with E-state index in [2.05, 4.69) is 10.1 Å². The van der Waals surface area contributed by atoms with E-state index in [1.165, 1.54) is 0 Å². The van der Waals surface area contributed by atoms with Gasteiger partial charge in [0.15, 0.2) is 0 Å². The molecule has 2 aromatic carbocycles. The van der Waals surface area contributed by atoms with Crippen LogP contribution in [0, 0.1) is 6.92 Å². The fourth-order valence-electron chi connectivity index (χ4n) is 3.30. The number of amides is 1. The standard InChI is InChI=1S/C23H21N3O3/c1-15-21-19(23(27)26(2)14-16-9-11-18(28-3)12-10-16)13-20(24-22(21)29-25-15)17-7-5-4-6-8-17/h4-13H,14H2,1-3H3. The van der Waals surface area contributed by atoms with Crippen LogP contribution in [0.2, 0.25) is 0 Å². The number of pyridine rings is 1. The molecule has 2 aromatic heterocycles. The van der Waals surface area contributed by atoms with Crippen LogP contribution in [0.25, 0.3) is 22.4 Å². The zero-order valence-electron chi connectivity index (χ0n) is 16.5. The van der Waals surface area contributed by atoms with Crippen molar-refractivity contribution in [2.45, 2.75) is 13.5 Å². The zero-order chi connectivity index (χ0) is 20.4. The van der Waals surface area contributed by atoms with Gasteiger partial charge in [0.2, 0.25) is 0 Å². The lowest BCUT2D eigenvalue weighted by Gasteiger charge is -2.18. The smallest absolute Gasteiger partial charge is 0.259 e. The number of nitrogens with zero attached hydrogens (tertiary/aromatic N) is 3. The molecule has 0 saturated heterocycles. The van der Waals surface area contributed by atoms with Crippen molar-refractivity contribution in [2.75, 3.05) is 14.2 Å². The maximum atomic E-state index is 13.3. The Kier molecular flexibility index (Phi) is 4.99. The topological polar surface area (TPSA) is 68.5 Å². The average Bonchev–Trinajstić information content (AvgIpc) is 3.14. The van der Waals surface area contributed by atoms with E-state index >= 15 is 0 Å². The third kappa shape index (κ3) is 3.69. The second-order valence-electron chi connectivity index (χ2n) is 6.88. The van der Waals surface area contributed by atoms with E-state index in [4.69, 9.17) is 9.26 Å². The van der Waals surface area contributed by atoms with Crippen LogP contribution in [0.3, 0.4) is 0 Å². The molecule has 0 spiro atoms. The molecule has 0 radical (unpaired) electrons. The number of hydrogen-bond donors (Lipinski definition) is 0. The zero-order valence-corrected chi connectivity index (χ0v) is 16.5. The summed E-state index contributed by atoms with van der Waals surface area (Å²) in [5, 5.41) is 4.66. The molecule has 0 bridgehead atoms. The van der Waals surface area contributed by atoms with E-state index in [1.54, 1.807) is 19.1 Å². The maximum absolute atomic E-state index is 13.3. The Balaban J connectivity index is 1.71. The fraction of sp³-hybridized carbons (Fsp3) is 0.174. The predicted octanol–water partition coefficient (Wildman–Crippen LogP) is 4.48. The number of carbonyl (C=O) groups is 1. The summed E-state index contributed by atoms with van der Waals surface area (Å²) < 4.78 is 10.6. The van der Waals surface area contributed by atoms with Crippen LogP contribution in [0.1, 0.15) is 21.6 Å². The first kappa shape index (κ1) is 18.7. The highest BCUT2D eigenvalue weighted by molar-refractivity contribution is 6.06. The van der Waals surface area contributed by atoms with Gasteiger partial charge in [0, 0.05) is 19.2 Å². The molecule has 146 valence electrons. The molecule has 0 unspecified atom stereocenters. The highest BCUT2D eigenvalue weighted by atomic mass is 16.5. The maximum Gasteiger partial charge on any atom is 0.259 e. The van der Waals surface area contributed by atoms with Gasteiger partial charge in [-0.3, -0.25) is 4.79 Å². The van der Waals surface area contributed by atoms with Gasteiger partial charge in [0.05, 0.1) is 29.4 Å². The SMILES string of the molecule is COc1ccc(CN(C)C(=O)c2cc(-c3ccccc3)nc3onc(C)c23)cc1. The first-order valence-electron chi connectivity index (χ1n) is 9.27. The van der Waals surface area contributed by atoms with Crippen molar-refractivity contribution in [3.05, 3.63) is 77.5 Å². The second kappa shape index (κ2) is 7.75. The van der Waals surface area contributed by atoms with Crippen LogP contribution in [0.5, 0.6) is 5.75 Å². The number of ether oxygens (including phenoxy) is 1. The van der Waals surface area contributed by atoms with E-state index in [0.717, 1.165) is 16.9 Å². The lowest BCUT2D eigenvalue weighted by atomic mass is 10.0. The van der Waals surface area contributed by atoms with Crippen LogP contribution in [-0.2, 0) is 6.54 Å². The number of fused-ring (bicyclic) bond motifs is 1. The van der Waals surface area contributed by atoms with Crippen molar-refractivity contribution in [2.24, 2.45) is 0 Å². The molecule has 4 rings (SSSR count). The number of aryl methyl sites for hydroxylation is 1. The molecule has 0 atom stereocenters. The normalized spacial score (nSPS) is 10.9.